The van der Waals surface area contributed by atoms with Gasteiger partial charge in [0.15, 0.2) is 0 Å². The van der Waals surface area contributed by atoms with Gasteiger partial charge in [-0.1, -0.05) is 49.4 Å². The highest BCUT2D eigenvalue weighted by Crippen LogP contribution is 2.35. The molecule has 0 aliphatic heterocycles. The van der Waals surface area contributed by atoms with E-state index in [9.17, 15) is 5.11 Å². The molecule has 1 aliphatic rings. The lowest BCUT2D eigenvalue weighted by Crippen LogP contribution is -2.24. The molecule has 2 N–H and O–H groups in total. The lowest BCUT2D eigenvalue weighted by molar-refractivity contribution is 0.407. The van der Waals surface area contributed by atoms with Crippen molar-refractivity contribution >= 4 is 0 Å². The van der Waals surface area contributed by atoms with E-state index in [2.05, 4.69) is 36.5 Å². The van der Waals surface area contributed by atoms with Crippen LogP contribution in [-0.4, -0.2) is 5.11 Å². The second-order valence-corrected chi connectivity index (χ2v) is 5.48. The molecule has 0 radical (unpaired) electrons. The van der Waals surface area contributed by atoms with Gasteiger partial charge < -0.3 is 10.4 Å². The molecule has 0 saturated heterocycles. The zero-order valence-corrected chi connectivity index (χ0v) is 11.8. The van der Waals surface area contributed by atoms with Crippen molar-refractivity contribution in [3.05, 3.63) is 65.2 Å². The topological polar surface area (TPSA) is 32.3 Å². The minimum absolute atomic E-state index is 0.201. The number of rotatable bonds is 4. The molecule has 0 amide bonds. The first-order valence-corrected chi connectivity index (χ1v) is 7.41. The van der Waals surface area contributed by atoms with Crippen molar-refractivity contribution in [1.82, 2.24) is 5.32 Å². The lowest BCUT2D eigenvalue weighted by Gasteiger charge is -2.23. The van der Waals surface area contributed by atoms with E-state index in [1.165, 1.54) is 11.1 Å². The van der Waals surface area contributed by atoms with Crippen LogP contribution in [0.1, 0.15) is 48.5 Å². The van der Waals surface area contributed by atoms with Crippen molar-refractivity contribution in [2.45, 2.75) is 38.3 Å². The van der Waals surface area contributed by atoms with Gasteiger partial charge in [0.1, 0.15) is 5.75 Å². The SMILES string of the molecule is CCC(NC1CCc2ccccc21)c1ccccc1O. The van der Waals surface area contributed by atoms with E-state index in [0.717, 1.165) is 24.8 Å². The number of aromatic hydroxyl groups is 1. The lowest BCUT2D eigenvalue weighted by atomic mass is 10.0. The number of phenols is 1. The van der Waals surface area contributed by atoms with Gasteiger partial charge in [0, 0.05) is 17.6 Å². The minimum Gasteiger partial charge on any atom is -0.508 e. The van der Waals surface area contributed by atoms with Crippen molar-refractivity contribution in [2.24, 2.45) is 0 Å². The van der Waals surface area contributed by atoms with Crippen molar-refractivity contribution in [3.8, 4) is 5.75 Å². The van der Waals surface area contributed by atoms with Crippen molar-refractivity contribution in [3.63, 3.8) is 0 Å². The van der Waals surface area contributed by atoms with Crippen LogP contribution in [0.25, 0.3) is 0 Å². The van der Waals surface area contributed by atoms with Gasteiger partial charge in [-0.05, 0) is 36.5 Å². The molecule has 0 aromatic heterocycles. The van der Waals surface area contributed by atoms with Gasteiger partial charge in [-0.25, -0.2) is 0 Å². The van der Waals surface area contributed by atoms with Gasteiger partial charge in [-0.3, -0.25) is 0 Å². The molecule has 3 rings (SSSR count). The predicted octanol–water partition coefficient (Wildman–Crippen LogP) is 4.12. The summed E-state index contributed by atoms with van der Waals surface area (Å²) in [7, 11) is 0. The Bertz CT molecular complexity index is 593. The summed E-state index contributed by atoms with van der Waals surface area (Å²) in [6.07, 6.45) is 3.25. The molecule has 20 heavy (non-hydrogen) atoms. The molecular weight excluding hydrogens is 246 g/mol. The Labute approximate surface area is 120 Å². The zero-order valence-electron chi connectivity index (χ0n) is 11.8. The number of hydrogen-bond donors (Lipinski definition) is 2. The van der Waals surface area contributed by atoms with Crippen molar-refractivity contribution < 1.29 is 5.11 Å². The van der Waals surface area contributed by atoms with Crippen LogP contribution in [0.2, 0.25) is 0 Å². The fourth-order valence-corrected chi connectivity index (χ4v) is 3.18. The van der Waals surface area contributed by atoms with Crippen LogP contribution in [0, 0.1) is 0 Å². The third-order valence-electron chi connectivity index (χ3n) is 4.26. The summed E-state index contributed by atoms with van der Waals surface area (Å²) in [6.45, 7) is 2.16. The molecular formula is C18H21NO. The molecule has 0 saturated carbocycles. The smallest absolute Gasteiger partial charge is 0.120 e. The monoisotopic (exact) mass is 267 g/mol. The maximum absolute atomic E-state index is 10.0. The Morgan fingerprint density at radius 3 is 2.70 bits per heavy atom. The van der Waals surface area contributed by atoms with Crippen LogP contribution >= 0.6 is 0 Å². The first kappa shape index (κ1) is 13.2. The summed E-state index contributed by atoms with van der Waals surface area (Å²) >= 11 is 0. The third kappa shape index (κ3) is 2.44. The highest BCUT2D eigenvalue weighted by atomic mass is 16.3. The third-order valence-corrected chi connectivity index (χ3v) is 4.26. The maximum atomic E-state index is 10.0. The Morgan fingerprint density at radius 2 is 1.90 bits per heavy atom. The van der Waals surface area contributed by atoms with Crippen LogP contribution in [0.4, 0.5) is 0 Å². The molecule has 0 spiro atoms. The molecule has 0 heterocycles. The minimum atomic E-state index is 0.201. The Kier molecular flexibility index (Phi) is 3.75. The molecule has 2 nitrogen and oxygen atoms in total. The molecule has 0 fully saturated rings. The number of benzene rings is 2. The predicted molar refractivity (Wildman–Crippen MR) is 81.8 cm³/mol. The summed E-state index contributed by atoms with van der Waals surface area (Å²) in [4.78, 5) is 0. The Hall–Kier alpha value is -1.80. The molecule has 0 bridgehead atoms. The number of nitrogens with one attached hydrogen (secondary N) is 1. The van der Waals surface area contributed by atoms with Gasteiger partial charge >= 0.3 is 0 Å². The van der Waals surface area contributed by atoms with Crippen molar-refractivity contribution in [1.29, 1.82) is 0 Å². The normalized spacial score (nSPS) is 18.8. The van der Waals surface area contributed by atoms with E-state index in [-0.39, 0.29) is 6.04 Å². The summed E-state index contributed by atoms with van der Waals surface area (Å²) in [5, 5.41) is 13.8. The second kappa shape index (κ2) is 5.68. The van der Waals surface area contributed by atoms with E-state index >= 15 is 0 Å². The number of phenolic OH excluding ortho intramolecular Hbond substituents is 1. The van der Waals surface area contributed by atoms with E-state index in [4.69, 9.17) is 0 Å². The first-order valence-electron chi connectivity index (χ1n) is 7.41. The van der Waals surface area contributed by atoms with Gasteiger partial charge in [0.2, 0.25) is 0 Å². The van der Waals surface area contributed by atoms with E-state index < -0.39 is 0 Å². The average Bonchev–Trinajstić information content (AvgIpc) is 2.89. The quantitative estimate of drug-likeness (QED) is 0.873. The van der Waals surface area contributed by atoms with E-state index in [1.54, 1.807) is 6.07 Å². The molecule has 2 aromatic carbocycles. The molecule has 2 atom stereocenters. The standard InChI is InChI=1S/C18H21NO/c1-2-16(15-9-5-6-10-18(15)20)19-17-12-11-13-7-3-4-8-14(13)17/h3-10,16-17,19-20H,2,11-12H2,1H3. The Morgan fingerprint density at radius 1 is 1.15 bits per heavy atom. The molecule has 2 aromatic rings. The van der Waals surface area contributed by atoms with Crippen LogP contribution in [0.3, 0.4) is 0 Å². The van der Waals surface area contributed by atoms with Crippen LogP contribution in [0.15, 0.2) is 48.5 Å². The number of hydrogen-bond acceptors (Lipinski definition) is 2. The number of para-hydroxylation sites is 1. The fourth-order valence-electron chi connectivity index (χ4n) is 3.18. The van der Waals surface area contributed by atoms with E-state index in [1.807, 2.05) is 18.2 Å². The molecule has 104 valence electrons. The Balaban J connectivity index is 1.82. The summed E-state index contributed by atoms with van der Waals surface area (Å²) in [5.74, 6) is 0.387. The van der Waals surface area contributed by atoms with Gasteiger partial charge in [-0.15, -0.1) is 0 Å². The first-order chi connectivity index (χ1) is 9.79. The number of aryl methyl sites for hydroxylation is 1. The summed E-state index contributed by atoms with van der Waals surface area (Å²) in [6, 6.07) is 16.9. The summed E-state index contributed by atoms with van der Waals surface area (Å²) < 4.78 is 0. The molecule has 2 heteroatoms. The zero-order chi connectivity index (χ0) is 13.9. The second-order valence-electron chi connectivity index (χ2n) is 5.48. The highest BCUT2D eigenvalue weighted by Gasteiger charge is 2.25. The van der Waals surface area contributed by atoms with Gasteiger partial charge in [-0.2, -0.15) is 0 Å². The maximum Gasteiger partial charge on any atom is 0.120 e. The van der Waals surface area contributed by atoms with Crippen molar-refractivity contribution in [2.75, 3.05) is 0 Å². The number of fused-ring (bicyclic) bond motifs is 1. The van der Waals surface area contributed by atoms with Crippen LogP contribution < -0.4 is 5.32 Å². The highest BCUT2D eigenvalue weighted by molar-refractivity contribution is 5.37. The van der Waals surface area contributed by atoms with E-state index in [0.29, 0.717) is 11.8 Å². The van der Waals surface area contributed by atoms with Crippen LogP contribution in [-0.2, 0) is 6.42 Å². The van der Waals surface area contributed by atoms with Crippen LogP contribution in [0.5, 0.6) is 5.75 Å². The molecule has 1 aliphatic carbocycles. The largest absolute Gasteiger partial charge is 0.508 e. The average molecular weight is 267 g/mol. The fraction of sp³-hybridized carbons (Fsp3) is 0.333. The molecule has 2 unspecified atom stereocenters. The van der Waals surface area contributed by atoms with Gasteiger partial charge in [0.05, 0.1) is 0 Å². The summed E-state index contributed by atoms with van der Waals surface area (Å²) in [5.41, 5.74) is 3.87. The van der Waals surface area contributed by atoms with Gasteiger partial charge in [0.25, 0.3) is 0 Å².